The maximum absolute atomic E-state index is 13.8. The molecule has 2 aliphatic carbocycles. The Morgan fingerprint density at radius 2 is 1.77 bits per heavy atom. The van der Waals surface area contributed by atoms with Gasteiger partial charge in [0.25, 0.3) is 0 Å². The van der Waals surface area contributed by atoms with Crippen LogP contribution in [0.5, 0.6) is 0 Å². The van der Waals surface area contributed by atoms with Crippen molar-refractivity contribution in [2.24, 2.45) is 11.8 Å². The van der Waals surface area contributed by atoms with Crippen LogP contribution in [0.4, 0.5) is 0 Å². The Hall–Kier alpha value is -2.39. The Labute approximate surface area is 184 Å². The van der Waals surface area contributed by atoms with Crippen LogP contribution in [0.25, 0.3) is 0 Å². The highest BCUT2D eigenvalue weighted by Gasteiger charge is 2.49. The molecule has 1 unspecified atom stereocenters. The van der Waals surface area contributed by atoms with Crippen molar-refractivity contribution in [1.29, 1.82) is 5.26 Å². The van der Waals surface area contributed by atoms with Gasteiger partial charge in [-0.2, -0.15) is 5.26 Å². The summed E-state index contributed by atoms with van der Waals surface area (Å²) in [4.78, 5) is 28.9. The number of rotatable bonds is 3. The lowest BCUT2D eigenvalue weighted by atomic mass is 9.68. The van der Waals surface area contributed by atoms with Gasteiger partial charge in [0, 0.05) is 30.3 Å². The molecular weight excluding hydrogens is 388 g/mol. The van der Waals surface area contributed by atoms with Crippen molar-refractivity contribution in [3.05, 3.63) is 35.4 Å². The van der Waals surface area contributed by atoms with Crippen molar-refractivity contribution in [2.75, 3.05) is 19.6 Å². The summed E-state index contributed by atoms with van der Waals surface area (Å²) in [6.07, 6.45) is 6.98. The van der Waals surface area contributed by atoms with Gasteiger partial charge in [0.15, 0.2) is 0 Å². The summed E-state index contributed by atoms with van der Waals surface area (Å²) < 4.78 is 0. The molecular formula is C25H32N4O2. The molecule has 0 bridgehead atoms. The molecule has 2 atom stereocenters. The number of piperidine rings is 1. The predicted octanol–water partition coefficient (Wildman–Crippen LogP) is 2.63. The number of hydrogen-bond acceptors (Lipinski definition) is 4. The number of carbonyl (C=O) groups excluding carboxylic acids is 2. The van der Waals surface area contributed by atoms with Crippen molar-refractivity contribution in [2.45, 2.75) is 68.9 Å². The zero-order valence-corrected chi connectivity index (χ0v) is 18.2. The number of hydrogen-bond donors (Lipinski definition) is 2. The Morgan fingerprint density at radius 1 is 1.06 bits per heavy atom. The largest absolute Gasteiger partial charge is 0.338 e. The van der Waals surface area contributed by atoms with Gasteiger partial charge in [0.1, 0.15) is 5.54 Å². The molecule has 31 heavy (non-hydrogen) atoms. The van der Waals surface area contributed by atoms with Crippen LogP contribution in [0.2, 0.25) is 0 Å². The van der Waals surface area contributed by atoms with Crippen LogP contribution in [-0.2, 0) is 21.5 Å². The van der Waals surface area contributed by atoms with E-state index in [0.29, 0.717) is 6.54 Å². The number of benzene rings is 1. The van der Waals surface area contributed by atoms with E-state index in [2.05, 4.69) is 41.0 Å². The second-order valence-electron chi connectivity index (χ2n) is 10.1. The van der Waals surface area contributed by atoms with Crippen molar-refractivity contribution >= 4 is 11.8 Å². The van der Waals surface area contributed by atoms with Gasteiger partial charge in [-0.1, -0.05) is 37.1 Å². The molecule has 4 aliphatic rings. The van der Waals surface area contributed by atoms with E-state index in [4.69, 9.17) is 0 Å². The summed E-state index contributed by atoms with van der Waals surface area (Å²) >= 11 is 0. The highest BCUT2D eigenvalue weighted by molar-refractivity contribution is 5.89. The Kier molecular flexibility index (Phi) is 5.26. The SMILES string of the molecule is N#CC1(NC(=O)C2CCCC[C@H]2C(=O)N2Cc3ccccc3C3(CCNCC3)C2)CC1. The van der Waals surface area contributed by atoms with E-state index in [-0.39, 0.29) is 29.1 Å². The molecule has 1 saturated heterocycles. The first-order valence-corrected chi connectivity index (χ1v) is 11.9. The fourth-order valence-electron chi connectivity index (χ4n) is 6.07. The smallest absolute Gasteiger partial charge is 0.226 e. The molecule has 1 aromatic carbocycles. The number of carbonyl (C=O) groups is 2. The zero-order chi connectivity index (χ0) is 21.5. The van der Waals surface area contributed by atoms with Crippen LogP contribution in [0.3, 0.4) is 0 Å². The topological polar surface area (TPSA) is 85.2 Å². The minimum Gasteiger partial charge on any atom is -0.338 e. The van der Waals surface area contributed by atoms with Crippen LogP contribution in [-0.4, -0.2) is 41.9 Å². The lowest BCUT2D eigenvalue weighted by Crippen LogP contribution is -2.55. The first kappa shape index (κ1) is 20.5. The standard InChI is InChI=1S/C25H32N4O2/c26-16-25(9-10-25)28-22(30)19-6-2-3-7-20(19)23(31)29-15-18-5-1-4-8-21(18)24(17-29)11-13-27-14-12-24/h1,4-5,8,19-20,27H,2-3,6-7,9-15,17H2,(H,28,30)/t19?,20-/m1/s1. The molecule has 2 amide bonds. The van der Waals surface area contributed by atoms with Gasteiger partial charge in [0.2, 0.25) is 11.8 Å². The molecule has 1 aromatic rings. The van der Waals surface area contributed by atoms with Crippen LogP contribution in [0.15, 0.2) is 24.3 Å². The van der Waals surface area contributed by atoms with Crippen molar-refractivity contribution in [3.63, 3.8) is 0 Å². The van der Waals surface area contributed by atoms with Crippen molar-refractivity contribution in [3.8, 4) is 6.07 Å². The Bertz CT molecular complexity index is 910. The molecule has 2 aliphatic heterocycles. The third-order valence-corrected chi connectivity index (χ3v) is 8.06. The van der Waals surface area contributed by atoms with E-state index in [1.807, 2.05) is 4.90 Å². The normalized spacial score (nSPS) is 28.3. The average molecular weight is 421 g/mol. The predicted molar refractivity (Wildman–Crippen MR) is 117 cm³/mol. The molecule has 164 valence electrons. The summed E-state index contributed by atoms with van der Waals surface area (Å²) in [5, 5.41) is 15.8. The quantitative estimate of drug-likeness (QED) is 0.787. The van der Waals surface area contributed by atoms with Gasteiger partial charge in [-0.25, -0.2) is 0 Å². The van der Waals surface area contributed by atoms with Crippen molar-refractivity contribution in [1.82, 2.24) is 15.5 Å². The second kappa shape index (κ2) is 7.94. The number of nitrogens with zero attached hydrogens (tertiary/aromatic N) is 2. The van der Waals surface area contributed by atoms with E-state index in [9.17, 15) is 14.9 Å². The van der Waals surface area contributed by atoms with Gasteiger partial charge in [-0.3, -0.25) is 9.59 Å². The van der Waals surface area contributed by atoms with Gasteiger partial charge >= 0.3 is 0 Å². The molecule has 6 nitrogen and oxygen atoms in total. The molecule has 0 radical (unpaired) electrons. The molecule has 2 N–H and O–H groups in total. The molecule has 5 rings (SSSR count). The van der Waals surface area contributed by atoms with Crippen LogP contribution < -0.4 is 10.6 Å². The maximum Gasteiger partial charge on any atom is 0.226 e. The lowest BCUT2D eigenvalue weighted by molar-refractivity contribution is -0.145. The second-order valence-corrected chi connectivity index (χ2v) is 10.1. The molecule has 0 aromatic heterocycles. The molecule has 6 heteroatoms. The summed E-state index contributed by atoms with van der Waals surface area (Å²) in [5.74, 6) is -0.541. The van der Waals surface area contributed by atoms with Gasteiger partial charge < -0.3 is 15.5 Å². The number of nitriles is 1. The fraction of sp³-hybridized carbons (Fsp3) is 0.640. The van der Waals surface area contributed by atoms with Crippen molar-refractivity contribution < 1.29 is 9.59 Å². The fourth-order valence-corrected chi connectivity index (χ4v) is 6.07. The first-order chi connectivity index (χ1) is 15.1. The highest BCUT2D eigenvalue weighted by atomic mass is 16.2. The molecule has 2 heterocycles. The number of nitrogens with one attached hydrogen (secondary N) is 2. The zero-order valence-electron chi connectivity index (χ0n) is 18.2. The molecule has 3 fully saturated rings. The Morgan fingerprint density at radius 3 is 2.48 bits per heavy atom. The summed E-state index contributed by atoms with van der Waals surface area (Å²) in [7, 11) is 0. The van der Waals surface area contributed by atoms with E-state index in [0.717, 1.165) is 71.0 Å². The summed E-state index contributed by atoms with van der Waals surface area (Å²) in [6.45, 7) is 3.33. The van der Waals surface area contributed by atoms with Gasteiger partial charge in [-0.05, 0) is 62.7 Å². The third kappa shape index (κ3) is 3.74. The average Bonchev–Trinajstić information content (AvgIpc) is 3.59. The highest BCUT2D eigenvalue weighted by Crippen LogP contribution is 2.42. The van der Waals surface area contributed by atoms with E-state index < -0.39 is 5.54 Å². The maximum atomic E-state index is 13.8. The summed E-state index contributed by atoms with van der Waals surface area (Å²) in [6, 6.07) is 10.8. The molecule has 1 spiro atoms. The number of amides is 2. The van der Waals surface area contributed by atoms with E-state index in [1.165, 1.54) is 11.1 Å². The van der Waals surface area contributed by atoms with Crippen LogP contribution in [0, 0.1) is 23.2 Å². The number of fused-ring (bicyclic) bond motifs is 2. The van der Waals surface area contributed by atoms with E-state index in [1.54, 1.807) is 0 Å². The molecule has 2 saturated carbocycles. The summed E-state index contributed by atoms with van der Waals surface area (Å²) in [5.41, 5.74) is 2.00. The minimum atomic E-state index is -0.675. The van der Waals surface area contributed by atoms with Gasteiger partial charge in [0.05, 0.1) is 6.07 Å². The minimum absolute atomic E-state index is 0.0149. The van der Waals surface area contributed by atoms with E-state index >= 15 is 0 Å². The lowest BCUT2D eigenvalue weighted by Gasteiger charge is -2.48. The van der Waals surface area contributed by atoms with Crippen LogP contribution in [0.1, 0.15) is 62.5 Å². The first-order valence-electron chi connectivity index (χ1n) is 11.9. The van der Waals surface area contributed by atoms with Crippen LogP contribution >= 0.6 is 0 Å². The van der Waals surface area contributed by atoms with Gasteiger partial charge in [-0.15, -0.1) is 0 Å². The Balaban J connectivity index is 1.38. The monoisotopic (exact) mass is 420 g/mol. The third-order valence-electron chi connectivity index (χ3n) is 8.06.